The van der Waals surface area contributed by atoms with Crippen molar-refractivity contribution in [1.29, 1.82) is 0 Å². The van der Waals surface area contributed by atoms with E-state index in [0.29, 0.717) is 23.6 Å². The van der Waals surface area contributed by atoms with E-state index in [4.69, 9.17) is 4.74 Å². The van der Waals surface area contributed by atoms with Crippen LogP contribution in [0.3, 0.4) is 0 Å². The SMILES string of the molecule is Cn1cc(F)cc([C@H]2CCCN2c2ccn3ncc(OC(=O)NC4CCC4)c3n2)c1=O. The van der Waals surface area contributed by atoms with E-state index in [1.165, 1.54) is 27.5 Å². The molecule has 162 valence electrons. The average molecular weight is 426 g/mol. The lowest BCUT2D eigenvalue weighted by Gasteiger charge is -2.26. The summed E-state index contributed by atoms with van der Waals surface area (Å²) >= 11 is 0. The third-order valence-corrected chi connectivity index (χ3v) is 6.04. The molecule has 1 aliphatic heterocycles. The second-order valence-corrected chi connectivity index (χ2v) is 8.11. The molecule has 1 aliphatic carbocycles. The van der Waals surface area contributed by atoms with Gasteiger partial charge in [0.25, 0.3) is 5.56 Å². The monoisotopic (exact) mass is 426 g/mol. The Hall–Kier alpha value is -3.43. The van der Waals surface area contributed by atoms with Crippen LogP contribution in [0, 0.1) is 5.82 Å². The molecule has 0 bridgehead atoms. The maximum atomic E-state index is 14.0. The predicted octanol–water partition coefficient (Wildman–Crippen LogP) is 2.55. The molecule has 3 aromatic heterocycles. The average Bonchev–Trinajstić information content (AvgIpc) is 3.35. The zero-order chi connectivity index (χ0) is 21.5. The third kappa shape index (κ3) is 3.62. The molecule has 4 heterocycles. The fourth-order valence-electron chi connectivity index (χ4n) is 4.22. The molecule has 0 aromatic carbocycles. The Labute approximate surface area is 177 Å². The van der Waals surface area contributed by atoms with Crippen LogP contribution in [0.4, 0.5) is 15.0 Å². The summed E-state index contributed by atoms with van der Waals surface area (Å²) in [5.41, 5.74) is 0.589. The first-order chi connectivity index (χ1) is 15.0. The number of aryl methyl sites for hydroxylation is 1. The highest BCUT2D eigenvalue weighted by Crippen LogP contribution is 2.34. The summed E-state index contributed by atoms with van der Waals surface area (Å²) < 4.78 is 22.2. The van der Waals surface area contributed by atoms with Crippen LogP contribution in [0.25, 0.3) is 5.65 Å². The van der Waals surface area contributed by atoms with E-state index < -0.39 is 11.9 Å². The molecule has 0 spiro atoms. The van der Waals surface area contributed by atoms with Gasteiger partial charge < -0.3 is 19.5 Å². The quantitative estimate of drug-likeness (QED) is 0.689. The first-order valence-electron chi connectivity index (χ1n) is 10.4. The van der Waals surface area contributed by atoms with Crippen molar-refractivity contribution in [2.45, 2.75) is 44.2 Å². The first kappa shape index (κ1) is 19.5. The van der Waals surface area contributed by atoms with Gasteiger partial charge in [0.1, 0.15) is 11.6 Å². The summed E-state index contributed by atoms with van der Waals surface area (Å²) in [6.07, 6.45) is 8.45. The topological polar surface area (TPSA) is 93.8 Å². The van der Waals surface area contributed by atoms with Crippen molar-refractivity contribution < 1.29 is 13.9 Å². The molecule has 2 aliphatic rings. The van der Waals surface area contributed by atoms with Crippen molar-refractivity contribution in [2.75, 3.05) is 11.4 Å². The van der Waals surface area contributed by atoms with Gasteiger partial charge in [-0.3, -0.25) is 4.79 Å². The van der Waals surface area contributed by atoms with Crippen LogP contribution in [0.15, 0.2) is 35.5 Å². The number of hydrogen-bond donors (Lipinski definition) is 1. The lowest BCUT2D eigenvalue weighted by atomic mass is 9.93. The summed E-state index contributed by atoms with van der Waals surface area (Å²) in [4.78, 5) is 31.4. The summed E-state index contributed by atoms with van der Waals surface area (Å²) in [5, 5.41) is 7.02. The first-order valence-corrected chi connectivity index (χ1v) is 10.4. The maximum absolute atomic E-state index is 14.0. The Kier molecular flexibility index (Phi) is 4.84. The fourth-order valence-corrected chi connectivity index (χ4v) is 4.22. The van der Waals surface area contributed by atoms with E-state index in [0.717, 1.165) is 32.1 Å². The molecule has 1 N–H and O–H groups in total. The Balaban J connectivity index is 1.44. The minimum Gasteiger partial charge on any atom is -0.405 e. The molecule has 1 saturated carbocycles. The number of fused-ring (bicyclic) bond motifs is 1. The number of aromatic nitrogens is 4. The van der Waals surface area contributed by atoms with E-state index in [1.54, 1.807) is 19.3 Å². The van der Waals surface area contributed by atoms with Crippen molar-refractivity contribution in [2.24, 2.45) is 7.05 Å². The number of hydrogen-bond acceptors (Lipinski definition) is 6. The van der Waals surface area contributed by atoms with Crippen LogP contribution in [-0.2, 0) is 7.05 Å². The molecule has 2 fully saturated rings. The van der Waals surface area contributed by atoms with Gasteiger partial charge in [0, 0.05) is 37.6 Å². The van der Waals surface area contributed by atoms with Crippen molar-refractivity contribution >= 4 is 17.6 Å². The number of pyridine rings is 1. The van der Waals surface area contributed by atoms with E-state index in [1.807, 2.05) is 4.90 Å². The molecule has 1 atom stereocenters. The van der Waals surface area contributed by atoms with Gasteiger partial charge >= 0.3 is 6.09 Å². The molecule has 0 unspecified atom stereocenters. The van der Waals surface area contributed by atoms with Gasteiger partial charge in [0.05, 0.1) is 12.2 Å². The molecular formula is C21H23FN6O3. The van der Waals surface area contributed by atoms with Crippen LogP contribution in [-0.4, -0.2) is 37.8 Å². The normalized spacial score (nSPS) is 18.9. The third-order valence-electron chi connectivity index (χ3n) is 6.04. The lowest BCUT2D eigenvalue weighted by Crippen LogP contribution is -2.41. The largest absolute Gasteiger partial charge is 0.413 e. The van der Waals surface area contributed by atoms with Gasteiger partial charge in [0.15, 0.2) is 5.75 Å². The van der Waals surface area contributed by atoms with E-state index in [9.17, 15) is 14.0 Å². The summed E-state index contributed by atoms with van der Waals surface area (Å²) in [6, 6.07) is 2.98. The number of ether oxygens (including phenoxy) is 1. The molecule has 3 aromatic rings. The zero-order valence-electron chi connectivity index (χ0n) is 17.1. The molecule has 10 heteroatoms. The smallest absolute Gasteiger partial charge is 0.405 e. The summed E-state index contributed by atoms with van der Waals surface area (Å²) in [6.45, 7) is 0.681. The predicted molar refractivity (Wildman–Crippen MR) is 111 cm³/mol. The van der Waals surface area contributed by atoms with Gasteiger partial charge in [-0.15, -0.1) is 0 Å². The van der Waals surface area contributed by atoms with E-state index in [2.05, 4.69) is 15.4 Å². The highest BCUT2D eigenvalue weighted by atomic mass is 19.1. The Morgan fingerprint density at radius 3 is 2.90 bits per heavy atom. The van der Waals surface area contributed by atoms with Crippen LogP contribution in [0.5, 0.6) is 5.75 Å². The van der Waals surface area contributed by atoms with E-state index in [-0.39, 0.29) is 23.4 Å². The molecule has 9 nitrogen and oxygen atoms in total. The van der Waals surface area contributed by atoms with Gasteiger partial charge in [0.2, 0.25) is 5.65 Å². The van der Waals surface area contributed by atoms with Crippen LogP contribution in [0.1, 0.15) is 43.7 Å². The zero-order valence-corrected chi connectivity index (χ0v) is 17.1. The standard InChI is InChI=1S/C21H23FN6O3/c1-26-12-13(22)10-15(20(26)29)16-6-3-8-27(16)18-7-9-28-19(25-18)17(11-23-28)31-21(30)24-14-4-2-5-14/h7,9-12,14,16H,2-6,8H2,1H3,(H,24,30)/t16-/m1/s1. The number of carbonyl (C=O) groups excluding carboxylic acids is 1. The van der Waals surface area contributed by atoms with Crippen molar-refractivity contribution in [3.8, 4) is 5.75 Å². The fraction of sp³-hybridized carbons (Fsp3) is 0.429. The van der Waals surface area contributed by atoms with Crippen LogP contribution >= 0.6 is 0 Å². The second-order valence-electron chi connectivity index (χ2n) is 8.11. The van der Waals surface area contributed by atoms with Gasteiger partial charge in [-0.1, -0.05) is 0 Å². The summed E-state index contributed by atoms with van der Waals surface area (Å²) in [7, 11) is 1.54. The molecular weight excluding hydrogens is 403 g/mol. The molecule has 31 heavy (non-hydrogen) atoms. The number of amides is 1. The number of nitrogens with one attached hydrogen (secondary N) is 1. The van der Waals surface area contributed by atoms with Gasteiger partial charge in [-0.05, 0) is 44.2 Å². The Bertz CT molecular complexity index is 1200. The Morgan fingerprint density at radius 2 is 2.13 bits per heavy atom. The Morgan fingerprint density at radius 1 is 1.29 bits per heavy atom. The number of halogens is 1. The van der Waals surface area contributed by atoms with Gasteiger partial charge in [-0.2, -0.15) is 5.10 Å². The van der Waals surface area contributed by atoms with E-state index >= 15 is 0 Å². The highest BCUT2D eigenvalue weighted by Gasteiger charge is 2.30. The van der Waals surface area contributed by atoms with Crippen LogP contribution in [0.2, 0.25) is 0 Å². The molecule has 1 saturated heterocycles. The van der Waals surface area contributed by atoms with Crippen LogP contribution < -0.4 is 20.5 Å². The minimum atomic E-state index is -0.519. The number of rotatable bonds is 4. The molecule has 0 radical (unpaired) electrons. The minimum absolute atomic E-state index is 0.164. The molecule has 1 amide bonds. The second kappa shape index (κ2) is 7.68. The number of carbonyl (C=O) groups is 1. The van der Waals surface area contributed by atoms with Crippen molar-refractivity contribution in [1.82, 2.24) is 24.5 Å². The molecule has 5 rings (SSSR count). The highest BCUT2D eigenvalue weighted by molar-refractivity contribution is 5.73. The van der Waals surface area contributed by atoms with Gasteiger partial charge in [-0.25, -0.2) is 18.7 Å². The van der Waals surface area contributed by atoms with Crippen molar-refractivity contribution in [3.05, 3.63) is 52.5 Å². The summed E-state index contributed by atoms with van der Waals surface area (Å²) in [5.74, 6) is 0.429. The maximum Gasteiger partial charge on any atom is 0.413 e. The number of nitrogens with zero attached hydrogens (tertiary/aromatic N) is 5. The lowest BCUT2D eigenvalue weighted by molar-refractivity contribution is 0.188. The number of anilines is 1. The van der Waals surface area contributed by atoms with Crippen molar-refractivity contribution in [3.63, 3.8) is 0 Å².